The molecule has 0 aliphatic carbocycles. The lowest BCUT2D eigenvalue weighted by molar-refractivity contribution is -0.0432. The third-order valence-corrected chi connectivity index (χ3v) is 3.12. The van der Waals surface area contributed by atoms with E-state index in [2.05, 4.69) is 11.8 Å². The molecule has 1 heterocycles. The van der Waals surface area contributed by atoms with Gasteiger partial charge in [-0.15, -0.1) is 12.8 Å². The Bertz CT molecular complexity index is 579. The Balaban J connectivity index is 2.09. The Morgan fingerprint density at radius 1 is 1.19 bits per heavy atom. The first-order valence-electron chi connectivity index (χ1n) is 6.74. The molecule has 110 valence electrons. The fourth-order valence-electron chi connectivity index (χ4n) is 2.24. The molecule has 0 saturated heterocycles. The Kier molecular flexibility index (Phi) is 4.43. The third kappa shape index (κ3) is 3.70. The van der Waals surface area contributed by atoms with Crippen molar-refractivity contribution in [3.05, 3.63) is 23.8 Å². The van der Waals surface area contributed by atoms with Crippen molar-refractivity contribution >= 4 is 0 Å². The first kappa shape index (κ1) is 15.3. The summed E-state index contributed by atoms with van der Waals surface area (Å²) in [5.41, 5.74) is 0.745. The lowest BCUT2D eigenvalue weighted by Crippen LogP contribution is -2.30. The minimum absolute atomic E-state index is 0.372. The smallest absolute Gasteiger partial charge is 0.246 e. The highest BCUT2D eigenvalue weighted by molar-refractivity contribution is 5.46. The average Bonchev–Trinajstić information content (AvgIpc) is 2.71. The zero-order chi connectivity index (χ0) is 15.5. The first-order valence-corrected chi connectivity index (χ1v) is 6.74. The second kappa shape index (κ2) is 6.10. The van der Waals surface area contributed by atoms with Crippen molar-refractivity contribution < 1.29 is 14.6 Å². The van der Waals surface area contributed by atoms with Crippen LogP contribution in [0.5, 0.6) is 11.5 Å². The maximum Gasteiger partial charge on any atom is 0.246 e. The van der Waals surface area contributed by atoms with Crippen LogP contribution in [-0.4, -0.2) is 35.4 Å². The van der Waals surface area contributed by atoms with E-state index in [-0.39, 0.29) is 0 Å². The van der Waals surface area contributed by atoms with E-state index in [4.69, 9.17) is 22.3 Å². The van der Waals surface area contributed by atoms with Gasteiger partial charge in [0.25, 0.3) is 0 Å². The third-order valence-electron chi connectivity index (χ3n) is 3.12. The highest BCUT2D eigenvalue weighted by atomic mass is 16.7. The van der Waals surface area contributed by atoms with Gasteiger partial charge in [0, 0.05) is 20.4 Å². The molecule has 0 radical (unpaired) electrons. The second-order valence-corrected chi connectivity index (χ2v) is 5.40. The van der Waals surface area contributed by atoms with E-state index in [1.807, 2.05) is 24.8 Å². The Morgan fingerprint density at radius 2 is 1.81 bits per heavy atom. The van der Waals surface area contributed by atoms with Gasteiger partial charge in [-0.2, -0.15) is 0 Å². The number of fused-ring (bicyclic) bond motifs is 1. The van der Waals surface area contributed by atoms with Gasteiger partial charge in [-0.1, -0.05) is 17.9 Å². The molecule has 1 aromatic carbocycles. The van der Waals surface area contributed by atoms with Gasteiger partial charge >= 0.3 is 0 Å². The summed E-state index contributed by atoms with van der Waals surface area (Å²) in [6.45, 7) is 4.85. The van der Waals surface area contributed by atoms with Crippen molar-refractivity contribution in [1.82, 2.24) is 4.90 Å². The normalized spacial score (nSPS) is 16.3. The zero-order valence-corrected chi connectivity index (χ0v) is 12.3. The molecule has 1 aliphatic heterocycles. The first-order chi connectivity index (χ1) is 9.95. The molecule has 0 bridgehead atoms. The van der Waals surface area contributed by atoms with Crippen molar-refractivity contribution in [2.75, 3.05) is 19.6 Å². The van der Waals surface area contributed by atoms with Gasteiger partial charge in [0.15, 0.2) is 11.5 Å². The SMILES string of the molecule is C#CCN(CC#C)CC(O)c1ccc2c(c1)OC(C)(C)O2. The van der Waals surface area contributed by atoms with Crippen LogP contribution in [0.1, 0.15) is 25.5 Å². The molecule has 1 atom stereocenters. The fraction of sp³-hybridized carbons (Fsp3) is 0.412. The summed E-state index contributed by atoms with van der Waals surface area (Å²) in [5.74, 6) is 5.71. The van der Waals surface area contributed by atoms with Crippen LogP contribution in [0, 0.1) is 24.7 Å². The van der Waals surface area contributed by atoms with Crippen molar-refractivity contribution in [2.45, 2.75) is 25.7 Å². The number of aliphatic hydroxyl groups excluding tert-OH is 1. The summed E-state index contributed by atoms with van der Waals surface area (Å²) in [6, 6.07) is 5.41. The van der Waals surface area contributed by atoms with Gasteiger partial charge in [-0.3, -0.25) is 4.90 Å². The van der Waals surface area contributed by atoms with Crippen molar-refractivity contribution in [3.63, 3.8) is 0 Å². The average molecular weight is 285 g/mol. The molecule has 0 saturated carbocycles. The maximum atomic E-state index is 10.3. The lowest BCUT2D eigenvalue weighted by Gasteiger charge is -2.21. The Labute approximate surface area is 125 Å². The minimum Gasteiger partial charge on any atom is -0.449 e. The molecule has 1 aliphatic rings. The summed E-state index contributed by atoms with van der Waals surface area (Å²) < 4.78 is 11.3. The van der Waals surface area contributed by atoms with Gasteiger partial charge in [0.05, 0.1) is 19.2 Å². The molecule has 0 amide bonds. The monoisotopic (exact) mass is 285 g/mol. The molecule has 4 heteroatoms. The van der Waals surface area contributed by atoms with Crippen LogP contribution in [0.2, 0.25) is 0 Å². The van der Waals surface area contributed by atoms with Crippen LogP contribution >= 0.6 is 0 Å². The van der Waals surface area contributed by atoms with Gasteiger partial charge in [-0.05, 0) is 17.7 Å². The predicted octanol–water partition coefficient (Wildman–Crippen LogP) is 1.80. The number of hydrogen-bond donors (Lipinski definition) is 1. The van der Waals surface area contributed by atoms with Crippen LogP contribution in [0.25, 0.3) is 0 Å². The molecule has 21 heavy (non-hydrogen) atoms. The number of aliphatic hydroxyl groups is 1. The molecular weight excluding hydrogens is 266 g/mol. The molecule has 1 N–H and O–H groups in total. The second-order valence-electron chi connectivity index (χ2n) is 5.40. The number of benzene rings is 1. The van der Waals surface area contributed by atoms with Crippen molar-refractivity contribution in [1.29, 1.82) is 0 Å². The highest BCUT2D eigenvalue weighted by Gasteiger charge is 2.32. The van der Waals surface area contributed by atoms with E-state index in [1.54, 1.807) is 12.1 Å². The van der Waals surface area contributed by atoms with E-state index in [1.165, 1.54) is 0 Å². The largest absolute Gasteiger partial charge is 0.449 e. The molecule has 1 unspecified atom stereocenters. The Hall–Kier alpha value is -2.14. The number of terminal acetylenes is 2. The summed E-state index contributed by atoms with van der Waals surface area (Å²) in [4.78, 5) is 1.83. The summed E-state index contributed by atoms with van der Waals surface area (Å²) in [7, 11) is 0. The zero-order valence-electron chi connectivity index (χ0n) is 12.3. The van der Waals surface area contributed by atoms with Crippen molar-refractivity contribution in [3.8, 4) is 36.2 Å². The topological polar surface area (TPSA) is 41.9 Å². The standard InChI is InChI=1S/C17H19NO3/c1-5-9-18(10-6-2)12-14(19)13-7-8-15-16(11-13)21-17(3,4)20-15/h1-2,7-8,11,14,19H,9-10,12H2,3-4H3. The molecular formula is C17H19NO3. The highest BCUT2D eigenvalue weighted by Crippen LogP contribution is 2.40. The minimum atomic E-state index is -0.690. The van der Waals surface area contributed by atoms with E-state index >= 15 is 0 Å². The van der Waals surface area contributed by atoms with Gasteiger partial charge in [0.1, 0.15) is 0 Å². The number of ether oxygens (including phenoxy) is 2. The van der Waals surface area contributed by atoms with Gasteiger partial charge < -0.3 is 14.6 Å². The maximum absolute atomic E-state index is 10.3. The number of hydrogen-bond acceptors (Lipinski definition) is 4. The van der Waals surface area contributed by atoms with Crippen LogP contribution in [0.15, 0.2) is 18.2 Å². The summed E-state index contributed by atoms with van der Waals surface area (Å²) in [5, 5.41) is 10.3. The molecule has 0 aromatic heterocycles. The van der Waals surface area contributed by atoms with Crippen molar-refractivity contribution in [2.24, 2.45) is 0 Å². The molecule has 1 aromatic rings. The van der Waals surface area contributed by atoms with Gasteiger partial charge in [0.2, 0.25) is 5.79 Å². The van der Waals surface area contributed by atoms with E-state index in [0.717, 1.165) is 5.56 Å². The summed E-state index contributed by atoms with van der Waals surface area (Å²) in [6.07, 6.45) is 9.91. The number of rotatable bonds is 5. The number of nitrogens with zero attached hydrogens (tertiary/aromatic N) is 1. The molecule has 2 rings (SSSR count). The lowest BCUT2D eigenvalue weighted by atomic mass is 10.1. The summed E-state index contributed by atoms with van der Waals surface area (Å²) >= 11 is 0. The molecule has 4 nitrogen and oxygen atoms in total. The molecule has 0 spiro atoms. The van der Waals surface area contributed by atoms with Crippen LogP contribution in [0.4, 0.5) is 0 Å². The van der Waals surface area contributed by atoms with E-state index in [9.17, 15) is 5.11 Å². The van der Waals surface area contributed by atoms with Crippen LogP contribution < -0.4 is 9.47 Å². The van der Waals surface area contributed by atoms with E-state index in [0.29, 0.717) is 31.1 Å². The van der Waals surface area contributed by atoms with Gasteiger partial charge in [-0.25, -0.2) is 0 Å². The van der Waals surface area contributed by atoms with E-state index < -0.39 is 11.9 Å². The van der Waals surface area contributed by atoms with Crippen LogP contribution in [-0.2, 0) is 0 Å². The molecule has 0 fully saturated rings. The fourth-order valence-corrected chi connectivity index (χ4v) is 2.24. The van der Waals surface area contributed by atoms with Crippen LogP contribution in [0.3, 0.4) is 0 Å². The predicted molar refractivity (Wildman–Crippen MR) is 80.8 cm³/mol. The quantitative estimate of drug-likeness (QED) is 0.838. The Morgan fingerprint density at radius 3 is 2.43 bits per heavy atom.